The monoisotopic (exact) mass is 348 g/mol. The lowest BCUT2D eigenvalue weighted by Crippen LogP contribution is -2.33. The molecule has 8 nitrogen and oxygen atoms in total. The summed E-state index contributed by atoms with van der Waals surface area (Å²) in [5.74, 6) is -0.831. The molecule has 1 fully saturated rings. The third kappa shape index (κ3) is 2.86. The second-order valence-corrected chi connectivity index (χ2v) is 8.96. The minimum atomic E-state index is -3.84. The van der Waals surface area contributed by atoms with Crippen LogP contribution < -0.4 is 9.19 Å². The summed E-state index contributed by atoms with van der Waals surface area (Å²) in [7, 11) is -6.45. The number of benzene rings is 1. The van der Waals surface area contributed by atoms with Crippen LogP contribution in [0.15, 0.2) is 29.2 Å². The number of carbonyl (C=O) groups is 1. The smallest absolute Gasteiger partial charge is 0.262 e. The van der Waals surface area contributed by atoms with Crippen molar-refractivity contribution < 1.29 is 26.5 Å². The van der Waals surface area contributed by atoms with Gasteiger partial charge in [0.15, 0.2) is 0 Å². The topological polar surface area (TPSA) is 110 Å². The fraction of sp³-hybridized carbons (Fsp3) is 0.417. The highest BCUT2D eigenvalue weighted by Gasteiger charge is 2.49. The van der Waals surface area contributed by atoms with Crippen LogP contribution in [0.3, 0.4) is 0 Å². The van der Waals surface area contributed by atoms with Gasteiger partial charge in [-0.25, -0.2) is 21.1 Å². The van der Waals surface area contributed by atoms with Crippen molar-refractivity contribution >= 4 is 31.6 Å². The molecule has 1 aromatic rings. The lowest BCUT2D eigenvalue weighted by molar-refractivity contribution is -0.123. The average Bonchev–Trinajstić information content (AvgIpc) is 2.54. The summed E-state index contributed by atoms with van der Waals surface area (Å²) in [5.41, 5.74) is -0.909. The predicted molar refractivity (Wildman–Crippen MR) is 78.8 cm³/mol. The fourth-order valence-electron chi connectivity index (χ4n) is 2.18. The normalized spacial score (nSPS) is 20.3. The summed E-state index contributed by atoms with van der Waals surface area (Å²) in [6.45, 7) is 3.10. The first-order valence-corrected chi connectivity index (χ1v) is 9.33. The van der Waals surface area contributed by atoms with E-state index >= 15 is 0 Å². The van der Waals surface area contributed by atoms with Gasteiger partial charge in [-0.05, 0) is 38.1 Å². The van der Waals surface area contributed by atoms with E-state index in [1.807, 2.05) is 4.89 Å². The third-order valence-corrected chi connectivity index (χ3v) is 6.46. The molecule has 1 saturated heterocycles. The van der Waals surface area contributed by atoms with Crippen LogP contribution in [0.5, 0.6) is 0 Å². The lowest BCUT2D eigenvalue weighted by Gasteiger charge is -2.17. The quantitative estimate of drug-likeness (QED) is 0.780. The Balaban J connectivity index is 2.42. The van der Waals surface area contributed by atoms with E-state index in [9.17, 15) is 21.6 Å². The third-order valence-electron chi connectivity index (χ3n) is 3.16. The Hall–Kier alpha value is -1.49. The zero-order valence-electron chi connectivity index (χ0n) is 12.2. The van der Waals surface area contributed by atoms with Crippen LogP contribution in [0.4, 0.5) is 5.69 Å². The number of amides is 1. The van der Waals surface area contributed by atoms with Crippen molar-refractivity contribution in [2.45, 2.75) is 18.7 Å². The number of nitrogens with zero attached hydrogens (tertiary/aromatic N) is 1. The number of carbonyl (C=O) groups excluding carboxylic acids is 1. The Morgan fingerprint density at radius 1 is 1.23 bits per heavy atom. The highest BCUT2D eigenvalue weighted by atomic mass is 32.2. The molecule has 0 atom stereocenters. The molecule has 22 heavy (non-hydrogen) atoms. The van der Waals surface area contributed by atoms with Gasteiger partial charge in [-0.1, -0.05) is 4.89 Å². The van der Waals surface area contributed by atoms with E-state index in [-0.39, 0.29) is 16.3 Å². The molecule has 0 bridgehead atoms. The molecular weight excluding hydrogens is 332 g/mol. The van der Waals surface area contributed by atoms with Crippen LogP contribution in [0.25, 0.3) is 0 Å². The number of anilines is 1. The van der Waals surface area contributed by atoms with E-state index in [1.165, 1.54) is 24.3 Å². The molecule has 1 amide bonds. The van der Waals surface area contributed by atoms with Crippen molar-refractivity contribution in [2.24, 2.45) is 5.41 Å². The molecule has 0 unspecified atom stereocenters. The van der Waals surface area contributed by atoms with Crippen molar-refractivity contribution in [2.75, 3.05) is 17.2 Å². The molecule has 1 heterocycles. The zero-order valence-corrected chi connectivity index (χ0v) is 13.9. The lowest BCUT2D eigenvalue weighted by atomic mass is 9.95. The van der Waals surface area contributed by atoms with Crippen LogP contribution in [0.1, 0.15) is 13.8 Å². The van der Waals surface area contributed by atoms with E-state index in [0.29, 0.717) is 4.31 Å². The maximum Gasteiger partial charge on any atom is 0.262 e. The molecule has 1 aromatic carbocycles. The predicted octanol–water partition coefficient (Wildman–Crippen LogP) is 0.229. The number of hydrogen-bond donors (Lipinski definition) is 1. The summed E-state index contributed by atoms with van der Waals surface area (Å²) < 4.78 is 48.4. The number of sulfonamides is 2. The Kier molecular flexibility index (Phi) is 4.07. The molecule has 0 aromatic heterocycles. The van der Waals surface area contributed by atoms with E-state index in [2.05, 4.69) is 4.84 Å². The van der Waals surface area contributed by atoms with Crippen molar-refractivity contribution in [3.05, 3.63) is 24.3 Å². The highest BCUT2D eigenvalue weighted by Crippen LogP contribution is 2.35. The SMILES string of the molecule is CONS(=O)(=O)c1ccc(N2C(=O)C(C)(C)CS2(=O)=O)cc1. The highest BCUT2D eigenvalue weighted by molar-refractivity contribution is 7.94. The molecule has 0 radical (unpaired) electrons. The summed E-state index contributed by atoms with van der Waals surface area (Å²) >= 11 is 0. The number of hydrogen-bond acceptors (Lipinski definition) is 6. The molecule has 0 spiro atoms. The van der Waals surface area contributed by atoms with Gasteiger partial charge in [-0.2, -0.15) is 0 Å². The summed E-state index contributed by atoms with van der Waals surface area (Å²) in [5, 5.41) is 0. The molecule has 1 N–H and O–H groups in total. The number of nitrogens with one attached hydrogen (secondary N) is 1. The van der Waals surface area contributed by atoms with Gasteiger partial charge in [0.25, 0.3) is 10.0 Å². The molecule has 0 saturated carbocycles. The van der Waals surface area contributed by atoms with Gasteiger partial charge >= 0.3 is 0 Å². The second-order valence-electron chi connectivity index (χ2n) is 5.49. The maximum atomic E-state index is 12.2. The van der Waals surface area contributed by atoms with Gasteiger partial charge < -0.3 is 0 Å². The average molecular weight is 348 g/mol. The Morgan fingerprint density at radius 2 is 1.77 bits per heavy atom. The molecule has 10 heteroatoms. The van der Waals surface area contributed by atoms with E-state index < -0.39 is 31.4 Å². The maximum absolute atomic E-state index is 12.2. The molecule has 0 aliphatic carbocycles. The summed E-state index contributed by atoms with van der Waals surface area (Å²) in [4.78, 5) is 18.3. The van der Waals surface area contributed by atoms with Crippen LogP contribution in [-0.4, -0.2) is 35.6 Å². The van der Waals surface area contributed by atoms with Crippen molar-refractivity contribution in [1.29, 1.82) is 0 Å². The Bertz CT molecular complexity index is 797. The zero-order chi connectivity index (χ0) is 16.8. The minimum Gasteiger partial charge on any atom is -0.290 e. The van der Waals surface area contributed by atoms with E-state index in [4.69, 9.17) is 0 Å². The first-order chi connectivity index (χ1) is 10.0. The largest absolute Gasteiger partial charge is 0.290 e. The van der Waals surface area contributed by atoms with Gasteiger partial charge in [0.1, 0.15) is 0 Å². The van der Waals surface area contributed by atoms with Gasteiger partial charge in [0.2, 0.25) is 15.9 Å². The van der Waals surface area contributed by atoms with E-state index in [1.54, 1.807) is 13.8 Å². The Morgan fingerprint density at radius 3 is 2.18 bits per heavy atom. The van der Waals surface area contributed by atoms with Crippen molar-refractivity contribution in [3.8, 4) is 0 Å². The summed E-state index contributed by atoms with van der Waals surface area (Å²) in [6, 6.07) is 4.93. The fourth-order valence-corrected chi connectivity index (χ4v) is 5.10. The van der Waals surface area contributed by atoms with Gasteiger partial charge in [0.05, 0.1) is 28.9 Å². The van der Waals surface area contributed by atoms with Crippen molar-refractivity contribution in [1.82, 2.24) is 4.89 Å². The van der Waals surface area contributed by atoms with Crippen LogP contribution in [0.2, 0.25) is 0 Å². The van der Waals surface area contributed by atoms with Crippen LogP contribution in [-0.2, 0) is 29.7 Å². The van der Waals surface area contributed by atoms with Gasteiger partial charge in [-0.15, -0.1) is 0 Å². The minimum absolute atomic E-state index is 0.104. The second kappa shape index (κ2) is 5.30. The molecule has 1 aliphatic heterocycles. The molecular formula is C12H16N2O6S2. The molecule has 2 rings (SSSR count). The standard InChI is InChI=1S/C12H16N2O6S2/c1-12(2)8-21(16,17)14(11(12)15)9-4-6-10(7-5-9)22(18,19)13-20-3/h4-7,13H,8H2,1-3H3. The van der Waals surface area contributed by atoms with Gasteiger partial charge in [0, 0.05) is 0 Å². The first kappa shape index (κ1) is 16.9. The first-order valence-electron chi connectivity index (χ1n) is 6.23. The van der Waals surface area contributed by atoms with E-state index in [0.717, 1.165) is 7.11 Å². The Labute approximate surface area is 129 Å². The molecule has 122 valence electrons. The van der Waals surface area contributed by atoms with Crippen LogP contribution >= 0.6 is 0 Å². The van der Waals surface area contributed by atoms with Gasteiger partial charge in [-0.3, -0.25) is 9.63 Å². The van der Waals surface area contributed by atoms with Crippen LogP contribution in [0, 0.1) is 5.41 Å². The summed E-state index contributed by atoms with van der Waals surface area (Å²) in [6.07, 6.45) is 0. The van der Waals surface area contributed by atoms with Crippen molar-refractivity contribution in [3.63, 3.8) is 0 Å². The number of rotatable bonds is 4. The molecule has 1 aliphatic rings.